The van der Waals surface area contributed by atoms with Crippen molar-refractivity contribution in [3.8, 4) is 0 Å². The van der Waals surface area contributed by atoms with Gasteiger partial charge < -0.3 is 0 Å². The average molecular weight is 259 g/mol. The molecule has 3 aromatic rings. The van der Waals surface area contributed by atoms with Crippen molar-refractivity contribution in [2.24, 2.45) is 5.10 Å². The molecule has 0 spiro atoms. The van der Waals surface area contributed by atoms with Crippen molar-refractivity contribution in [3.05, 3.63) is 40.8 Å². The maximum atomic E-state index is 4.30. The van der Waals surface area contributed by atoms with Crippen LogP contribution in [0, 0.1) is 0 Å². The number of aromatic nitrogens is 4. The molecular weight excluding hydrogens is 248 g/mol. The topological polar surface area (TPSA) is 70.1 Å². The van der Waals surface area contributed by atoms with Gasteiger partial charge in [-0.25, -0.2) is 0 Å². The molecule has 0 atom stereocenters. The minimum Gasteiger partial charge on any atom is -0.259 e. The van der Waals surface area contributed by atoms with E-state index in [-0.39, 0.29) is 0 Å². The van der Waals surface area contributed by atoms with Crippen LogP contribution in [-0.4, -0.2) is 21.0 Å². The van der Waals surface area contributed by atoms with Crippen LogP contribution < -0.4 is 9.94 Å². The molecule has 90 valence electrons. The predicted octanol–water partition coefficient (Wildman–Crippen LogP) is 1.44. The Hall–Kier alpha value is -2.28. The monoisotopic (exact) mass is 259 g/mol. The van der Waals surface area contributed by atoms with Gasteiger partial charge in [-0.2, -0.15) is 5.10 Å². The van der Waals surface area contributed by atoms with Crippen LogP contribution in [-0.2, 0) is 0 Å². The summed E-state index contributed by atoms with van der Waals surface area (Å²) < 4.78 is 1.65. The van der Waals surface area contributed by atoms with Gasteiger partial charge in [0.15, 0.2) is 5.82 Å². The lowest BCUT2D eigenvalue weighted by Gasteiger charge is -1.99. The molecule has 3 heterocycles. The van der Waals surface area contributed by atoms with Crippen LogP contribution in [0.2, 0.25) is 0 Å². The van der Waals surface area contributed by atoms with Gasteiger partial charge in [0.05, 0.1) is 5.71 Å². The van der Waals surface area contributed by atoms with Crippen LogP contribution in [0.15, 0.2) is 41.1 Å². The van der Waals surface area contributed by atoms with Crippen molar-refractivity contribution >= 4 is 28.5 Å². The van der Waals surface area contributed by atoms with E-state index in [9.17, 15) is 0 Å². The number of anilines is 1. The highest BCUT2D eigenvalue weighted by Crippen LogP contribution is 2.10. The first-order valence-electron chi connectivity index (χ1n) is 5.39. The molecule has 3 aromatic heterocycles. The van der Waals surface area contributed by atoms with E-state index in [4.69, 9.17) is 0 Å². The number of fused-ring (bicyclic) bond motifs is 1. The van der Waals surface area contributed by atoms with Crippen LogP contribution in [0.4, 0.5) is 5.82 Å². The number of rotatable bonds is 3. The van der Waals surface area contributed by atoms with Crippen LogP contribution >= 0.6 is 11.3 Å². The second-order valence-electron chi connectivity index (χ2n) is 3.68. The van der Waals surface area contributed by atoms with Gasteiger partial charge >= 0.3 is 5.65 Å². The summed E-state index contributed by atoms with van der Waals surface area (Å²) in [6, 6.07) is 7.74. The number of hydrazone groups is 1. The summed E-state index contributed by atoms with van der Waals surface area (Å²) in [5.41, 5.74) is 4.63. The molecule has 0 saturated carbocycles. The van der Waals surface area contributed by atoms with Crippen molar-refractivity contribution in [2.45, 2.75) is 6.92 Å². The number of thiophene rings is 1. The second-order valence-corrected chi connectivity index (χ2v) is 4.63. The molecule has 0 aromatic carbocycles. The Morgan fingerprint density at radius 2 is 2.39 bits per heavy atom. The number of nitrogens with zero attached hydrogens (tertiary/aromatic N) is 4. The molecule has 3 rings (SSSR count). The van der Waals surface area contributed by atoms with E-state index in [0.29, 0.717) is 5.82 Å². The maximum Gasteiger partial charge on any atom is 0.325 e. The number of aromatic amines is 1. The second kappa shape index (κ2) is 4.53. The molecule has 0 saturated heterocycles. The van der Waals surface area contributed by atoms with Gasteiger partial charge in [-0.3, -0.25) is 5.43 Å². The summed E-state index contributed by atoms with van der Waals surface area (Å²) in [6.07, 6.45) is 1.68. The molecule has 0 radical (unpaired) electrons. The van der Waals surface area contributed by atoms with Gasteiger partial charge in [0, 0.05) is 16.0 Å². The van der Waals surface area contributed by atoms with Gasteiger partial charge in [-0.15, -0.1) is 21.0 Å². The third-order valence-electron chi connectivity index (χ3n) is 2.42. The molecule has 0 bridgehead atoms. The van der Waals surface area contributed by atoms with Crippen molar-refractivity contribution in [3.63, 3.8) is 0 Å². The standard InChI is InChI=1S/C11H10N6S/c1-8(9-3-2-6-18-9)13-14-10-4-5-11-15-12-7-17(11)16-10/h2-7H,1H3,(H,14,16)/p+1/b13-8+. The maximum absolute atomic E-state index is 4.30. The fourth-order valence-corrected chi connectivity index (χ4v) is 2.18. The van der Waals surface area contributed by atoms with E-state index in [1.807, 2.05) is 36.6 Å². The molecule has 6 nitrogen and oxygen atoms in total. The lowest BCUT2D eigenvalue weighted by molar-refractivity contribution is -0.579. The van der Waals surface area contributed by atoms with Crippen molar-refractivity contribution < 1.29 is 4.52 Å². The first-order chi connectivity index (χ1) is 8.83. The van der Waals surface area contributed by atoms with Gasteiger partial charge in [0.25, 0.3) is 0 Å². The zero-order chi connectivity index (χ0) is 12.4. The summed E-state index contributed by atoms with van der Waals surface area (Å²) in [6.45, 7) is 1.96. The zero-order valence-corrected chi connectivity index (χ0v) is 10.5. The lowest BCUT2D eigenvalue weighted by Crippen LogP contribution is -2.24. The molecule has 7 heteroatoms. The summed E-state index contributed by atoms with van der Waals surface area (Å²) in [5, 5.41) is 17.4. The van der Waals surface area contributed by atoms with Crippen molar-refractivity contribution in [1.82, 2.24) is 15.3 Å². The SMILES string of the molecule is C/C(=N\Nc1ccc2n[nH]c[n+]2n1)c1cccs1. The van der Waals surface area contributed by atoms with Gasteiger partial charge in [-0.05, 0) is 24.4 Å². The summed E-state index contributed by atoms with van der Waals surface area (Å²) in [7, 11) is 0. The number of hydrogen-bond acceptors (Lipinski definition) is 5. The van der Waals surface area contributed by atoms with Crippen LogP contribution in [0.5, 0.6) is 0 Å². The first kappa shape index (κ1) is 10.8. The Morgan fingerprint density at radius 1 is 1.44 bits per heavy atom. The summed E-state index contributed by atoms with van der Waals surface area (Å²) >= 11 is 1.66. The molecule has 0 unspecified atom stereocenters. The van der Waals surface area contributed by atoms with E-state index in [0.717, 1.165) is 16.2 Å². The van der Waals surface area contributed by atoms with Crippen molar-refractivity contribution in [2.75, 3.05) is 5.43 Å². The van der Waals surface area contributed by atoms with Crippen molar-refractivity contribution in [1.29, 1.82) is 0 Å². The van der Waals surface area contributed by atoms with Crippen LogP contribution in [0.25, 0.3) is 5.65 Å². The number of H-pyrrole nitrogens is 1. The fourth-order valence-electron chi connectivity index (χ4n) is 1.50. The Morgan fingerprint density at radius 3 is 3.22 bits per heavy atom. The highest BCUT2D eigenvalue weighted by molar-refractivity contribution is 7.12. The molecule has 0 aliphatic rings. The predicted molar refractivity (Wildman–Crippen MR) is 69.7 cm³/mol. The Labute approximate surface area is 107 Å². The van der Waals surface area contributed by atoms with E-state index >= 15 is 0 Å². The van der Waals surface area contributed by atoms with Crippen LogP contribution in [0.1, 0.15) is 11.8 Å². The summed E-state index contributed by atoms with van der Waals surface area (Å²) in [5.74, 6) is 0.671. The normalized spacial score (nSPS) is 11.9. The van der Waals surface area contributed by atoms with E-state index in [1.54, 1.807) is 22.2 Å². The minimum absolute atomic E-state index is 0.671. The molecule has 0 aliphatic carbocycles. The Balaban J connectivity index is 1.82. The number of nitrogens with one attached hydrogen (secondary N) is 2. The molecule has 0 amide bonds. The largest absolute Gasteiger partial charge is 0.325 e. The fraction of sp³-hybridized carbons (Fsp3) is 0.0909. The quantitative estimate of drug-likeness (QED) is 0.425. The Kier molecular flexibility index (Phi) is 2.73. The highest BCUT2D eigenvalue weighted by atomic mass is 32.1. The molecular formula is C11H11N6S+. The lowest BCUT2D eigenvalue weighted by atomic mass is 10.3. The first-order valence-corrected chi connectivity index (χ1v) is 6.27. The van der Waals surface area contributed by atoms with Gasteiger partial charge in [0.1, 0.15) is 0 Å². The van der Waals surface area contributed by atoms with E-state index in [2.05, 4.69) is 25.8 Å². The average Bonchev–Trinajstić information content (AvgIpc) is 3.05. The van der Waals surface area contributed by atoms with E-state index < -0.39 is 0 Å². The molecule has 18 heavy (non-hydrogen) atoms. The molecule has 0 aliphatic heterocycles. The summed E-state index contributed by atoms with van der Waals surface area (Å²) in [4.78, 5) is 1.14. The smallest absolute Gasteiger partial charge is 0.259 e. The third-order valence-corrected chi connectivity index (χ3v) is 3.39. The minimum atomic E-state index is 0.671. The number of hydrogen-bond donors (Lipinski definition) is 2. The van der Waals surface area contributed by atoms with E-state index in [1.165, 1.54) is 0 Å². The molecule has 0 fully saturated rings. The van der Waals surface area contributed by atoms with Gasteiger partial charge in [0.2, 0.25) is 6.33 Å². The Bertz CT molecular complexity index is 684. The molecule has 2 N–H and O–H groups in total. The third kappa shape index (κ3) is 2.07. The zero-order valence-electron chi connectivity index (χ0n) is 9.66. The highest BCUT2D eigenvalue weighted by Gasteiger charge is 2.05. The van der Waals surface area contributed by atoms with Gasteiger partial charge in [-0.1, -0.05) is 11.2 Å². The van der Waals surface area contributed by atoms with Crippen LogP contribution in [0.3, 0.4) is 0 Å².